The largest absolute Gasteiger partial charge is 0.435 e. The Morgan fingerprint density at radius 1 is 1.04 bits per heavy atom. The van der Waals surface area contributed by atoms with Crippen LogP contribution in [-0.4, -0.2) is 10.9 Å². The van der Waals surface area contributed by atoms with Crippen molar-refractivity contribution in [2.45, 2.75) is 6.92 Å². The highest BCUT2D eigenvalue weighted by atomic mass is 35.5. The van der Waals surface area contributed by atoms with Gasteiger partial charge in [-0.05, 0) is 48.9 Å². The van der Waals surface area contributed by atoms with Crippen LogP contribution in [-0.2, 0) is 0 Å². The summed E-state index contributed by atoms with van der Waals surface area (Å²) < 4.78 is 5.79. The molecule has 4 nitrogen and oxygen atoms in total. The van der Waals surface area contributed by atoms with Crippen molar-refractivity contribution in [3.63, 3.8) is 0 Å². The molecule has 0 fully saturated rings. The van der Waals surface area contributed by atoms with E-state index >= 15 is 0 Å². The summed E-state index contributed by atoms with van der Waals surface area (Å²) in [5.41, 5.74) is 3.97. The van der Waals surface area contributed by atoms with Crippen LogP contribution >= 0.6 is 23.2 Å². The van der Waals surface area contributed by atoms with Gasteiger partial charge in [-0.3, -0.25) is 4.79 Å². The summed E-state index contributed by atoms with van der Waals surface area (Å²) in [6, 6.07) is 18.0. The third-order valence-corrected chi connectivity index (χ3v) is 4.67. The van der Waals surface area contributed by atoms with Crippen molar-refractivity contribution >= 4 is 45.9 Å². The predicted molar refractivity (Wildman–Crippen MR) is 109 cm³/mol. The Hall–Kier alpha value is -2.82. The smallest absolute Gasteiger partial charge is 0.255 e. The number of hydrogen-bond acceptors (Lipinski definition) is 3. The summed E-state index contributed by atoms with van der Waals surface area (Å²) >= 11 is 12.2. The van der Waals surface area contributed by atoms with Gasteiger partial charge in [-0.15, -0.1) is 0 Å². The molecule has 0 saturated heterocycles. The van der Waals surface area contributed by atoms with E-state index in [0.29, 0.717) is 38.3 Å². The molecule has 3 aromatic carbocycles. The molecule has 0 aliphatic rings. The zero-order chi connectivity index (χ0) is 19.0. The molecule has 0 spiro atoms. The minimum Gasteiger partial charge on any atom is -0.435 e. The van der Waals surface area contributed by atoms with E-state index in [-0.39, 0.29) is 5.91 Å². The number of rotatable bonds is 3. The topological polar surface area (TPSA) is 55.1 Å². The number of amides is 1. The van der Waals surface area contributed by atoms with Crippen molar-refractivity contribution in [2.24, 2.45) is 0 Å². The van der Waals surface area contributed by atoms with Gasteiger partial charge in [-0.1, -0.05) is 47.5 Å². The number of anilines is 1. The number of carbonyl (C=O) groups excluding carboxylic acids is 1. The number of nitrogens with zero attached hydrogens (tertiary/aromatic N) is 1. The van der Waals surface area contributed by atoms with Crippen LogP contribution in [0, 0.1) is 6.92 Å². The number of aromatic nitrogens is 1. The van der Waals surface area contributed by atoms with Gasteiger partial charge in [0.15, 0.2) is 5.58 Å². The van der Waals surface area contributed by atoms with Crippen LogP contribution in [0.3, 0.4) is 0 Å². The SMILES string of the molecule is Cc1ccccc1C(=O)Nc1cccc(-c2nc3cc(Cl)cc(Cl)c3o2)c1. The lowest BCUT2D eigenvalue weighted by Gasteiger charge is -2.08. The van der Waals surface area contributed by atoms with Gasteiger partial charge in [0.2, 0.25) is 5.89 Å². The monoisotopic (exact) mass is 396 g/mol. The molecular weight excluding hydrogens is 383 g/mol. The molecule has 4 aromatic rings. The maximum atomic E-state index is 12.5. The molecule has 4 rings (SSSR count). The van der Waals surface area contributed by atoms with Crippen molar-refractivity contribution in [3.8, 4) is 11.5 Å². The second-order valence-corrected chi connectivity index (χ2v) is 6.95. The summed E-state index contributed by atoms with van der Waals surface area (Å²) in [5, 5.41) is 3.80. The van der Waals surface area contributed by atoms with Gasteiger partial charge in [-0.2, -0.15) is 0 Å². The van der Waals surface area contributed by atoms with Gasteiger partial charge >= 0.3 is 0 Å². The molecule has 0 radical (unpaired) electrons. The summed E-state index contributed by atoms with van der Waals surface area (Å²) in [6.07, 6.45) is 0. The van der Waals surface area contributed by atoms with Gasteiger partial charge < -0.3 is 9.73 Å². The Morgan fingerprint density at radius 3 is 2.67 bits per heavy atom. The number of halogens is 2. The van der Waals surface area contributed by atoms with Gasteiger partial charge in [0.25, 0.3) is 5.91 Å². The summed E-state index contributed by atoms with van der Waals surface area (Å²) in [7, 11) is 0. The van der Waals surface area contributed by atoms with Crippen LogP contribution in [0.15, 0.2) is 65.1 Å². The van der Waals surface area contributed by atoms with Crippen LogP contribution in [0.4, 0.5) is 5.69 Å². The van der Waals surface area contributed by atoms with Crippen molar-refractivity contribution < 1.29 is 9.21 Å². The maximum absolute atomic E-state index is 12.5. The Bertz CT molecular complexity index is 1170. The number of carbonyl (C=O) groups is 1. The number of aryl methyl sites for hydroxylation is 1. The van der Waals surface area contributed by atoms with Gasteiger partial charge in [0, 0.05) is 21.8 Å². The maximum Gasteiger partial charge on any atom is 0.255 e. The second kappa shape index (κ2) is 7.06. The molecule has 0 aliphatic carbocycles. The normalized spacial score (nSPS) is 10.9. The average molecular weight is 397 g/mol. The van der Waals surface area contributed by atoms with Gasteiger partial charge in [0.1, 0.15) is 5.52 Å². The van der Waals surface area contributed by atoms with Crippen molar-refractivity contribution in [1.82, 2.24) is 4.98 Å². The zero-order valence-electron chi connectivity index (χ0n) is 14.3. The van der Waals surface area contributed by atoms with E-state index in [1.165, 1.54) is 0 Å². The number of benzene rings is 3. The third kappa shape index (κ3) is 3.54. The first kappa shape index (κ1) is 17.6. The third-order valence-electron chi connectivity index (χ3n) is 4.17. The average Bonchev–Trinajstić information content (AvgIpc) is 3.06. The number of nitrogens with one attached hydrogen (secondary N) is 1. The molecule has 1 heterocycles. The first-order chi connectivity index (χ1) is 13.0. The molecule has 134 valence electrons. The predicted octanol–water partition coefficient (Wildman–Crippen LogP) is 6.36. The van der Waals surface area contributed by atoms with E-state index in [0.717, 1.165) is 11.1 Å². The molecule has 1 amide bonds. The van der Waals surface area contributed by atoms with Crippen LogP contribution in [0.2, 0.25) is 10.0 Å². The van der Waals surface area contributed by atoms with Crippen molar-refractivity contribution in [2.75, 3.05) is 5.32 Å². The molecule has 0 bridgehead atoms. The minimum atomic E-state index is -0.169. The second-order valence-electron chi connectivity index (χ2n) is 6.10. The molecule has 0 aliphatic heterocycles. The molecule has 0 unspecified atom stereocenters. The first-order valence-corrected chi connectivity index (χ1v) is 9.00. The van der Waals surface area contributed by atoms with Crippen molar-refractivity contribution in [1.29, 1.82) is 0 Å². The minimum absolute atomic E-state index is 0.169. The number of oxazole rings is 1. The lowest BCUT2D eigenvalue weighted by Crippen LogP contribution is -2.13. The van der Waals surface area contributed by atoms with E-state index in [4.69, 9.17) is 27.6 Å². The fourth-order valence-electron chi connectivity index (χ4n) is 2.84. The zero-order valence-corrected chi connectivity index (χ0v) is 15.8. The van der Waals surface area contributed by atoms with Crippen LogP contribution < -0.4 is 5.32 Å². The molecule has 1 aromatic heterocycles. The molecular formula is C21H14Cl2N2O2. The highest BCUT2D eigenvalue weighted by Crippen LogP contribution is 2.32. The standard InChI is InChI=1S/C21H14Cl2N2O2/c1-12-5-2-3-8-16(12)20(26)24-15-7-4-6-13(9-15)21-25-18-11-14(22)10-17(23)19(18)27-21/h2-11H,1H3,(H,24,26). The van der Waals surface area contributed by atoms with E-state index < -0.39 is 0 Å². The lowest BCUT2D eigenvalue weighted by molar-refractivity contribution is 0.102. The Balaban J connectivity index is 1.66. The lowest BCUT2D eigenvalue weighted by atomic mass is 10.1. The fraction of sp³-hybridized carbons (Fsp3) is 0.0476. The first-order valence-electron chi connectivity index (χ1n) is 8.24. The van der Waals surface area contributed by atoms with Crippen LogP contribution in [0.25, 0.3) is 22.6 Å². The molecule has 0 saturated carbocycles. The Kier molecular flexibility index (Phi) is 4.60. The molecule has 6 heteroatoms. The molecule has 0 atom stereocenters. The summed E-state index contributed by atoms with van der Waals surface area (Å²) in [6.45, 7) is 1.90. The highest BCUT2D eigenvalue weighted by Gasteiger charge is 2.14. The number of fused-ring (bicyclic) bond motifs is 1. The number of hydrogen-bond donors (Lipinski definition) is 1. The van der Waals surface area contributed by atoms with E-state index in [1.54, 1.807) is 24.3 Å². The highest BCUT2D eigenvalue weighted by molar-refractivity contribution is 6.38. The molecule has 27 heavy (non-hydrogen) atoms. The molecule has 1 N–H and O–H groups in total. The van der Waals surface area contributed by atoms with Crippen LogP contribution in [0.5, 0.6) is 0 Å². The summed E-state index contributed by atoms with van der Waals surface area (Å²) in [4.78, 5) is 17.0. The van der Waals surface area contributed by atoms with E-state index in [2.05, 4.69) is 10.3 Å². The van der Waals surface area contributed by atoms with E-state index in [9.17, 15) is 4.79 Å². The fourth-order valence-corrected chi connectivity index (χ4v) is 3.36. The Morgan fingerprint density at radius 2 is 1.85 bits per heavy atom. The van der Waals surface area contributed by atoms with Gasteiger partial charge in [-0.25, -0.2) is 4.98 Å². The van der Waals surface area contributed by atoms with Gasteiger partial charge in [0.05, 0.1) is 5.02 Å². The van der Waals surface area contributed by atoms with Crippen molar-refractivity contribution in [3.05, 3.63) is 81.8 Å². The van der Waals surface area contributed by atoms with E-state index in [1.807, 2.05) is 43.3 Å². The van der Waals surface area contributed by atoms with Crippen LogP contribution in [0.1, 0.15) is 15.9 Å². The Labute approximate surface area is 165 Å². The quantitative estimate of drug-likeness (QED) is 0.438. The summed E-state index contributed by atoms with van der Waals surface area (Å²) in [5.74, 6) is 0.235.